The topological polar surface area (TPSA) is 70.6 Å². The second-order valence-electron chi connectivity index (χ2n) is 4.58. The Labute approximate surface area is 127 Å². The maximum atomic E-state index is 14.0. The van der Waals surface area contributed by atoms with Crippen molar-refractivity contribution in [2.45, 2.75) is 13.5 Å². The summed E-state index contributed by atoms with van der Waals surface area (Å²) in [6.07, 6.45) is 0. The molecule has 0 unspecified atom stereocenters. The Morgan fingerprint density at radius 1 is 1.38 bits per heavy atom. The molecule has 0 fully saturated rings. The van der Waals surface area contributed by atoms with Crippen LogP contribution in [0.25, 0.3) is 0 Å². The van der Waals surface area contributed by atoms with Crippen molar-refractivity contribution in [3.8, 4) is 0 Å². The number of anilines is 1. The summed E-state index contributed by atoms with van der Waals surface area (Å²) < 4.78 is 14.0. The Kier molecular flexibility index (Phi) is 4.65. The van der Waals surface area contributed by atoms with Gasteiger partial charge in [0.2, 0.25) is 0 Å². The summed E-state index contributed by atoms with van der Waals surface area (Å²) >= 11 is 6.10. The summed E-state index contributed by atoms with van der Waals surface area (Å²) in [7, 11) is 0. The number of nitrogens with zero attached hydrogens (tertiary/aromatic N) is 1. The third-order valence-corrected chi connectivity index (χ3v) is 3.45. The second kappa shape index (κ2) is 6.45. The largest absolute Gasteiger partial charge is 0.409 e. The second-order valence-corrected chi connectivity index (χ2v) is 4.98. The minimum Gasteiger partial charge on any atom is -0.409 e. The first-order chi connectivity index (χ1) is 10.0. The fourth-order valence-corrected chi connectivity index (χ4v) is 2.24. The lowest BCUT2D eigenvalue weighted by Crippen LogP contribution is -2.14. The molecule has 0 spiro atoms. The molecule has 2 aromatic rings. The van der Waals surface area contributed by atoms with Crippen molar-refractivity contribution >= 4 is 23.1 Å². The lowest BCUT2D eigenvalue weighted by atomic mass is 10.1. The highest BCUT2D eigenvalue weighted by molar-refractivity contribution is 6.33. The number of para-hydroxylation sites is 1. The van der Waals surface area contributed by atoms with E-state index in [1.165, 1.54) is 6.07 Å². The minimum absolute atomic E-state index is 0.129. The van der Waals surface area contributed by atoms with E-state index in [-0.39, 0.29) is 12.4 Å². The van der Waals surface area contributed by atoms with E-state index < -0.39 is 5.82 Å². The zero-order chi connectivity index (χ0) is 15.4. The molecule has 0 heterocycles. The lowest BCUT2D eigenvalue weighted by molar-refractivity contribution is 0.318. The van der Waals surface area contributed by atoms with Crippen LogP contribution in [0.15, 0.2) is 41.6 Å². The van der Waals surface area contributed by atoms with E-state index >= 15 is 0 Å². The molecule has 0 saturated heterocycles. The van der Waals surface area contributed by atoms with E-state index in [4.69, 9.17) is 22.5 Å². The third kappa shape index (κ3) is 3.44. The van der Waals surface area contributed by atoms with E-state index in [0.29, 0.717) is 16.1 Å². The molecule has 21 heavy (non-hydrogen) atoms. The van der Waals surface area contributed by atoms with Crippen molar-refractivity contribution < 1.29 is 9.60 Å². The number of hydrogen-bond acceptors (Lipinski definition) is 3. The predicted molar refractivity (Wildman–Crippen MR) is 82.4 cm³/mol. The lowest BCUT2D eigenvalue weighted by Gasteiger charge is -2.12. The molecule has 4 N–H and O–H groups in total. The van der Waals surface area contributed by atoms with Crippen LogP contribution >= 0.6 is 11.6 Å². The van der Waals surface area contributed by atoms with Crippen molar-refractivity contribution in [1.82, 2.24) is 0 Å². The van der Waals surface area contributed by atoms with Crippen LogP contribution in [0.4, 0.5) is 10.1 Å². The van der Waals surface area contributed by atoms with Gasteiger partial charge in [-0.15, -0.1) is 0 Å². The van der Waals surface area contributed by atoms with Gasteiger partial charge in [-0.05, 0) is 24.6 Å². The Bertz CT molecular complexity index is 668. The van der Waals surface area contributed by atoms with Gasteiger partial charge in [0.05, 0.1) is 10.7 Å². The Hall–Kier alpha value is -2.27. The molecule has 0 atom stereocenters. The molecule has 110 valence electrons. The van der Waals surface area contributed by atoms with E-state index in [1.807, 2.05) is 19.1 Å². The van der Waals surface area contributed by atoms with E-state index in [1.54, 1.807) is 18.2 Å². The third-order valence-electron chi connectivity index (χ3n) is 3.13. The van der Waals surface area contributed by atoms with Crippen LogP contribution in [-0.4, -0.2) is 11.0 Å². The molecule has 0 aromatic heterocycles. The van der Waals surface area contributed by atoms with E-state index in [9.17, 15) is 4.39 Å². The van der Waals surface area contributed by atoms with Gasteiger partial charge in [-0.25, -0.2) is 4.39 Å². The first-order valence-electron chi connectivity index (χ1n) is 6.28. The number of aryl methyl sites for hydroxylation is 1. The molecule has 0 aliphatic heterocycles. The number of benzene rings is 2. The zero-order valence-corrected chi connectivity index (χ0v) is 12.2. The molecular weight excluding hydrogens is 293 g/mol. The molecule has 0 aliphatic rings. The number of halogens is 2. The molecule has 2 aromatic carbocycles. The summed E-state index contributed by atoms with van der Waals surface area (Å²) in [4.78, 5) is 0. The SMILES string of the molecule is Cc1cccc(Cl)c1NCc1ccc(C(N)=NO)cc1F. The predicted octanol–water partition coefficient (Wildman–Crippen LogP) is 3.49. The standard InChI is InChI=1S/C15H15ClFN3O/c1-9-3-2-4-12(16)14(9)19-8-11-6-5-10(7-13(11)17)15(18)20-21/h2-7,19,21H,8H2,1H3,(H2,18,20). The number of oxime groups is 1. The zero-order valence-electron chi connectivity index (χ0n) is 11.4. The number of rotatable bonds is 4. The fraction of sp³-hybridized carbons (Fsp3) is 0.133. The van der Waals surface area contributed by atoms with E-state index in [0.717, 1.165) is 11.3 Å². The highest BCUT2D eigenvalue weighted by Gasteiger charge is 2.08. The van der Waals surface area contributed by atoms with Crippen molar-refractivity contribution in [3.05, 3.63) is 63.9 Å². The van der Waals surface area contributed by atoms with Crippen LogP contribution in [0.2, 0.25) is 5.02 Å². The van der Waals surface area contributed by atoms with Gasteiger partial charge in [0, 0.05) is 17.7 Å². The summed E-state index contributed by atoms with van der Waals surface area (Å²) in [6, 6.07) is 9.96. The van der Waals surface area contributed by atoms with Crippen molar-refractivity contribution in [3.63, 3.8) is 0 Å². The molecule has 6 heteroatoms. The first-order valence-corrected chi connectivity index (χ1v) is 6.66. The van der Waals surface area contributed by atoms with Gasteiger partial charge in [0.1, 0.15) is 5.82 Å². The quantitative estimate of drug-likeness (QED) is 0.350. The van der Waals surface area contributed by atoms with Crippen LogP contribution in [0.1, 0.15) is 16.7 Å². The van der Waals surface area contributed by atoms with Gasteiger partial charge in [0.25, 0.3) is 0 Å². The van der Waals surface area contributed by atoms with Gasteiger partial charge < -0.3 is 16.3 Å². The highest BCUT2D eigenvalue weighted by Crippen LogP contribution is 2.26. The molecule has 0 bridgehead atoms. The molecule has 2 rings (SSSR count). The molecule has 0 aliphatic carbocycles. The summed E-state index contributed by atoms with van der Waals surface area (Å²) in [6.45, 7) is 2.21. The summed E-state index contributed by atoms with van der Waals surface area (Å²) in [5.74, 6) is -0.563. The maximum absolute atomic E-state index is 14.0. The van der Waals surface area contributed by atoms with Gasteiger partial charge in [-0.3, -0.25) is 0 Å². The van der Waals surface area contributed by atoms with Gasteiger partial charge in [0.15, 0.2) is 5.84 Å². The highest BCUT2D eigenvalue weighted by atomic mass is 35.5. The van der Waals surface area contributed by atoms with Crippen LogP contribution in [0.3, 0.4) is 0 Å². The molecule has 4 nitrogen and oxygen atoms in total. The van der Waals surface area contributed by atoms with Gasteiger partial charge in [-0.2, -0.15) is 0 Å². The molecule has 0 amide bonds. The van der Waals surface area contributed by atoms with Crippen LogP contribution in [0.5, 0.6) is 0 Å². The van der Waals surface area contributed by atoms with Crippen LogP contribution in [0, 0.1) is 12.7 Å². The molecule has 0 saturated carbocycles. The molecular formula is C15H15ClFN3O. The number of amidine groups is 1. The Morgan fingerprint density at radius 2 is 2.14 bits per heavy atom. The van der Waals surface area contributed by atoms with Crippen LogP contribution < -0.4 is 11.1 Å². The average molecular weight is 308 g/mol. The van der Waals surface area contributed by atoms with Gasteiger partial charge >= 0.3 is 0 Å². The number of hydrogen-bond donors (Lipinski definition) is 3. The minimum atomic E-state index is -0.434. The Balaban J connectivity index is 2.18. The van der Waals surface area contributed by atoms with Crippen molar-refractivity contribution in [2.24, 2.45) is 10.9 Å². The fourth-order valence-electron chi connectivity index (χ4n) is 1.95. The van der Waals surface area contributed by atoms with Crippen molar-refractivity contribution in [1.29, 1.82) is 0 Å². The Morgan fingerprint density at radius 3 is 2.76 bits per heavy atom. The maximum Gasteiger partial charge on any atom is 0.170 e. The first kappa shape index (κ1) is 15.1. The summed E-state index contributed by atoms with van der Waals surface area (Å²) in [5.41, 5.74) is 7.97. The van der Waals surface area contributed by atoms with Crippen LogP contribution in [-0.2, 0) is 6.54 Å². The molecule has 0 radical (unpaired) electrons. The van der Waals surface area contributed by atoms with Gasteiger partial charge in [-0.1, -0.05) is 41.0 Å². The monoisotopic (exact) mass is 307 g/mol. The summed E-state index contributed by atoms with van der Waals surface area (Å²) in [5, 5.41) is 15.1. The number of nitrogens with one attached hydrogen (secondary N) is 1. The van der Waals surface area contributed by atoms with Crippen molar-refractivity contribution in [2.75, 3.05) is 5.32 Å². The number of nitrogens with two attached hydrogens (primary N) is 1. The van der Waals surface area contributed by atoms with E-state index in [2.05, 4.69) is 10.5 Å². The smallest absolute Gasteiger partial charge is 0.170 e. The average Bonchev–Trinajstić information content (AvgIpc) is 2.47. The normalized spacial score (nSPS) is 11.5.